The van der Waals surface area contributed by atoms with Crippen LogP contribution < -0.4 is 10.2 Å². The molecule has 0 saturated carbocycles. The molecule has 3 aliphatic rings. The van der Waals surface area contributed by atoms with Crippen LogP contribution in [0.5, 0.6) is 0 Å². The number of carboxylic acid groups (broad SMARTS) is 1. The predicted octanol–water partition coefficient (Wildman–Crippen LogP) is 4.05. The molecule has 35 heavy (non-hydrogen) atoms. The first kappa shape index (κ1) is 25.3. The number of likely N-dealkylation sites (tertiary alicyclic amines) is 2. The molecule has 5 amide bonds. The number of anilines is 1. The van der Waals surface area contributed by atoms with Crippen LogP contribution in [-0.2, 0) is 4.79 Å². The molecule has 190 valence electrons. The summed E-state index contributed by atoms with van der Waals surface area (Å²) in [4.78, 5) is 53.5. The maximum Gasteiger partial charge on any atom is 0.407 e. The number of rotatable bonds is 2. The van der Waals surface area contributed by atoms with Gasteiger partial charge in [0, 0.05) is 44.7 Å². The molecule has 1 atom stereocenters. The Morgan fingerprint density at radius 1 is 1.06 bits per heavy atom. The van der Waals surface area contributed by atoms with Crippen molar-refractivity contribution >= 4 is 41.2 Å². The second-order valence-electron chi connectivity index (χ2n) is 11.0. The average molecular weight is 505 g/mol. The monoisotopic (exact) mass is 504 g/mol. The molecule has 1 unspecified atom stereocenters. The van der Waals surface area contributed by atoms with E-state index in [4.69, 9.17) is 11.6 Å². The minimum Gasteiger partial charge on any atom is -0.465 e. The third-order valence-electron chi connectivity index (χ3n) is 7.92. The van der Waals surface area contributed by atoms with Crippen molar-refractivity contribution in [2.24, 2.45) is 16.7 Å². The van der Waals surface area contributed by atoms with E-state index in [0.717, 1.165) is 19.3 Å². The van der Waals surface area contributed by atoms with Crippen molar-refractivity contribution in [2.75, 3.05) is 37.6 Å². The Kier molecular flexibility index (Phi) is 6.74. The molecule has 9 nitrogen and oxygen atoms in total. The van der Waals surface area contributed by atoms with E-state index < -0.39 is 12.1 Å². The summed E-state index contributed by atoms with van der Waals surface area (Å²) in [5, 5.41) is 12.1. The van der Waals surface area contributed by atoms with Gasteiger partial charge in [0.05, 0.1) is 10.7 Å². The van der Waals surface area contributed by atoms with Crippen molar-refractivity contribution in [2.45, 2.75) is 46.5 Å². The summed E-state index contributed by atoms with van der Waals surface area (Å²) in [5.41, 5.74) is 0.801. The SMILES string of the molecule is CC(C)(C)C1CN(C(=O)O)CCC12CCN(C(=O)c1ccc(Cl)c(N3CCC(=O)NC3=O)c1)CC2. The number of halogens is 1. The number of benzene rings is 1. The van der Waals surface area contributed by atoms with Gasteiger partial charge in [0.1, 0.15) is 0 Å². The van der Waals surface area contributed by atoms with Gasteiger partial charge in [-0.05, 0) is 54.2 Å². The summed E-state index contributed by atoms with van der Waals surface area (Å²) in [6.07, 6.45) is 1.75. The number of carbonyl (C=O) groups excluding carboxylic acids is 3. The number of urea groups is 1. The molecule has 0 bridgehead atoms. The Morgan fingerprint density at radius 2 is 1.69 bits per heavy atom. The highest BCUT2D eigenvalue weighted by Gasteiger charge is 2.50. The highest BCUT2D eigenvalue weighted by molar-refractivity contribution is 6.34. The first-order valence-corrected chi connectivity index (χ1v) is 12.5. The number of piperidine rings is 2. The van der Waals surface area contributed by atoms with E-state index in [1.165, 1.54) is 9.80 Å². The van der Waals surface area contributed by atoms with E-state index in [9.17, 15) is 24.3 Å². The fourth-order valence-corrected chi connectivity index (χ4v) is 6.21. The Hall–Kier alpha value is -2.81. The van der Waals surface area contributed by atoms with Crippen molar-refractivity contribution in [3.8, 4) is 0 Å². The Bertz CT molecular complexity index is 1040. The summed E-state index contributed by atoms with van der Waals surface area (Å²) in [5.74, 6) is -0.249. The molecule has 0 aliphatic carbocycles. The van der Waals surface area contributed by atoms with Crippen molar-refractivity contribution in [1.29, 1.82) is 0 Å². The molecule has 0 aromatic heterocycles. The van der Waals surface area contributed by atoms with E-state index in [-0.39, 0.29) is 41.5 Å². The van der Waals surface area contributed by atoms with Crippen LogP contribution in [0.4, 0.5) is 15.3 Å². The minimum atomic E-state index is -0.869. The lowest BCUT2D eigenvalue weighted by atomic mass is 9.57. The number of nitrogens with zero attached hydrogens (tertiary/aromatic N) is 3. The average Bonchev–Trinajstić information content (AvgIpc) is 2.79. The summed E-state index contributed by atoms with van der Waals surface area (Å²) in [6.45, 7) is 8.94. The molecule has 4 rings (SSSR count). The van der Waals surface area contributed by atoms with E-state index >= 15 is 0 Å². The summed E-state index contributed by atoms with van der Waals surface area (Å²) >= 11 is 6.33. The van der Waals surface area contributed by atoms with Crippen molar-refractivity contribution in [3.05, 3.63) is 28.8 Å². The molecule has 3 heterocycles. The minimum absolute atomic E-state index is 0.00453. The van der Waals surface area contributed by atoms with Gasteiger partial charge in [0.25, 0.3) is 5.91 Å². The molecule has 1 aromatic rings. The molecule has 1 aromatic carbocycles. The number of hydrogen-bond donors (Lipinski definition) is 2. The Labute approximate surface area is 210 Å². The lowest BCUT2D eigenvalue weighted by Crippen LogP contribution is -2.57. The first-order valence-electron chi connectivity index (χ1n) is 12.1. The molecule has 3 aliphatic heterocycles. The van der Waals surface area contributed by atoms with Gasteiger partial charge < -0.3 is 14.9 Å². The van der Waals surface area contributed by atoms with Gasteiger partial charge in [-0.2, -0.15) is 0 Å². The van der Waals surface area contributed by atoms with Crippen LogP contribution in [0.2, 0.25) is 5.02 Å². The zero-order chi connectivity index (χ0) is 25.5. The second-order valence-corrected chi connectivity index (χ2v) is 11.4. The number of nitrogens with one attached hydrogen (secondary N) is 1. The van der Waals surface area contributed by atoms with Crippen LogP contribution in [-0.4, -0.2) is 71.6 Å². The summed E-state index contributed by atoms with van der Waals surface area (Å²) in [6, 6.07) is 4.34. The third-order valence-corrected chi connectivity index (χ3v) is 8.24. The zero-order valence-electron chi connectivity index (χ0n) is 20.5. The van der Waals surface area contributed by atoms with Gasteiger partial charge in [-0.15, -0.1) is 0 Å². The van der Waals surface area contributed by atoms with Crippen LogP contribution in [0.1, 0.15) is 56.8 Å². The first-order chi connectivity index (χ1) is 16.4. The number of carbonyl (C=O) groups is 4. The fraction of sp³-hybridized carbons (Fsp3) is 0.600. The number of imide groups is 1. The van der Waals surface area contributed by atoms with Crippen LogP contribution in [0.25, 0.3) is 0 Å². The van der Waals surface area contributed by atoms with Crippen LogP contribution in [0.15, 0.2) is 18.2 Å². The van der Waals surface area contributed by atoms with Crippen molar-refractivity contribution in [3.63, 3.8) is 0 Å². The van der Waals surface area contributed by atoms with Crippen LogP contribution >= 0.6 is 11.6 Å². The zero-order valence-corrected chi connectivity index (χ0v) is 21.2. The molecular formula is C25H33ClN4O5. The van der Waals surface area contributed by atoms with E-state index in [1.54, 1.807) is 18.2 Å². The van der Waals surface area contributed by atoms with Crippen LogP contribution in [0.3, 0.4) is 0 Å². The maximum atomic E-state index is 13.4. The predicted molar refractivity (Wildman–Crippen MR) is 132 cm³/mol. The molecule has 3 saturated heterocycles. The lowest BCUT2D eigenvalue weighted by Gasteiger charge is -2.55. The highest BCUT2D eigenvalue weighted by atomic mass is 35.5. The van der Waals surface area contributed by atoms with Crippen molar-refractivity contribution in [1.82, 2.24) is 15.1 Å². The maximum absolute atomic E-state index is 13.4. The second kappa shape index (κ2) is 9.33. The van der Waals surface area contributed by atoms with Gasteiger partial charge in [0.2, 0.25) is 5.91 Å². The topological polar surface area (TPSA) is 110 Å². The van der Waals surface area contributed by atoms with Crippen LogP contribution in [0, 0.1) is 16.7 Å². The largest absolute Gasteiger partial charge is 0.465 e. The Morgan fingerprint density at radius 3 is 2.26 bits per heavy atom. The van der Waals surface area contributed by atoms with E-state index in [1.807, 2.05) is 4.90 Å². The lowest BCUT2D eigenvalue weighted by molar-refractivity contribution is -0.120. The van der Waals surface area contributed by atoms with Gasteiger partial charge in [-0.3, -0.25) is 19.8 Å². The van der Waals surface area contributed by atoms with Gasteiger partial charge in [-0.1, -0.05) is 32.4 Å². The van der Waals surface area contributed by atoms with Gasteiger partial charge in [0.15, 0.2) is 0 Å². The molecule has 1 spiro atoms. The van der Waals surface area contributed by atoms with Gasteiger partial charge in [-0.25, -0.2) is 9.59 Å². The molecule has 10 heteroatoms. The molecular weight excluding hydrogens is 472 g/mol. The molecule has 3 fully saturated rings. The van der Waals surface area contributed by atoms with Crippen molar-refractivity contribution < 1.29 is 24.3 Å². The third kappa shape index (κ3) is 4.96. The number of hydrogen-bond acceptors (Lipinski definition) is 4. The highest BCUT2D eigenvalue weighted by Crippen LogP contribution is 2.52. The van der Waals surface area contributed by atoms with E-state index in [0.29, 0.717) is 42.5 Å². The smallest absolute Gasteiger partial charge is 0.407 e. The molecule has 0 radical (unpaired) electrons. The summed E-state index contributed by atoms with van der Waals surface area (Å²) < 4.78 is 0. The Balaban J connectivity index is 1.49. The summed E-state index contributed by atoms with van der Waals surface area (Å²) in [7, 11) is 0. The normalized spacial score (nSPS) is 22.9. The standard InChI is InChI=1S/C25H33ClN4O5/c1-24(2,3)19-15-29(23(34)35)13-9-25(19)7-11-28(12-8-25)21(32)16-4-5-17(26)18(14-16)30-10-6-20(31)27-22(30)33/h4-5,14,19H,6-13,15H2,1-3H3,(H,34,35)(H,27,31,33). The molecule has 2 N–H and O–H groups in total. The number of amides is 5. The van der Waals surface area contributed by atoms with E-state index in [2.05, 4.69) is 26.1 Å². The van der Waals surface area contributed by atoms with Gasteiger partial charge >= 0.3 is 12.1 Å². The quantitative estimate of drug-likeness (QED) is 0.631. The fourth-order valence-electron chi connectivity index (χ4n) is 5.99.